The van der Waals surface area contributed by atoms with Crippen molar-refractivity contribution in [2.45, 2.75) is 19.9 Å². The molecular weight excluding hydrogens is 224 g/mol. The maximum absolute atomic E-state index is 10.9. The molecule has 0 aliphatic heterocycles. The Hall–Kier alpha value is -0.840. The highest BCUT2D eigenvalue weighted by atomic mass is 79.9. The van der Waals surface area contributed by atoms with Crippen LogP contribution in [-0.2, 0) is 3.83 Å². The zero-order valence-electron chi connectivity index (χ0n) is 6.82. The first kappa shape index (κ1) is 9.25. The topological polar surface area (TPSA) is 44.1 Å². The molecule has 0 spiro atoms. The molecular formula is C7H9BrN2O2. The highest BCUT2D eigenvalue weighted by Gasteiger charge is 2.10. The van der Waals surface area contributed by atoms with Gasteiger partial charge in [0, 0.05) is 12.2 Å². The third-order valence-electron chi connectivity index (χ3n) is 1.48. The van der Waals surface area contributed by atoms with Crippen molar-refractivity contribution in [2.75, 3.05) is 0 Å². The molecule has 66 valence electrons. The predicted molar refractivity (Wildman–Crippen MR) is 47.0 cm³/mol. The molecule has 4 nitrogen and oxygen atoms in total. The van der Waals surface area contributed by atoms with E-state index in [4.69, 9.17) is 0 Å². The summed E-state index contributed by atoms with van der Waals surface area (Å²) in [6.45, 7) is 4.01. The van der Waals surface area contributed by atoms with Crippen molar-refractivity contribution < 1.29 is 8.62 Å². The van der Waals surface area contributed by atoms with E-state index in [0.717, 1.165) is 0 Å². The average Bonchev–Trinajstić information content (AvgIpc) is 2.51. The molecule has 0 atom stereocenters. The van der Waals surface area contributed by atoms with E-state index in [1.165, 1.54) is 0 Å². The molecule has 0 aromatic carbocycles. The fraction of sp³-hybridized carbons (Fsp3) is 0.429. The molecule has 1 rings (SSSR count). The first-order valence-electron chi connectivity index (χ1n) is 3.51. The van der Waals surface area contributed by atoms with Crippen LogP contribution in [0.5, 0.6) is 0 Å². The van der Waals surface area contributed by atoms with E-state index < -0.39 is 5.97 Å². The Morgan fingerprint density at radius 3 is 2.83 bits per heavy atom. The molecule has 1 heterocycles. The third kappa shape index (κ3) is 1.85. The zero-order chi connectivity index (χ0) is 9.14. The Balaban J connectivity index is 2.84. The van der Waals surface area contributed by atoms with Crippen molar-refractivity contribution in [2.24, 2.45) is 0 Å². The van der Waals surface area contributed by atoms with Crippen molar-refractivity contribution in [1.82, 2.24) is 9.55 Å². The van der Waals surface area contributed by atoms with Gasteiger partial charge in [-0.05, 0) is 13.8 Å². The largest absolute Gasteiger partial charge is 0.379 e. The molecule has 0 radical (unpaired) electrons. The number of carbonyl (C=O) groups excluding carboxylic acids is 1. The van der Waals surface area contributed by atoms with Crippen LogP contribution in [-0.4, -0.2) is 15.5 Å². The summed E-state index contributed by atoms with van der Waals surface area (Å²) in [5, 5.41) is 0. The second kappa shape index (κ2) is 3.71. The van der Waals surface area contributed by atoms with Crippen LogP contribution in [0.15, 0.2) is 12.5 Å². The number of hydrogen-bond acceptors (Lipinski definition) is 3. The lowest BCUT2D eigenvalue weighted by Gasteiger charge is -2.03. The van der Waals surface area contributed by atoms with E-state index in [1.807, 2.05) is 18.4 Å². The summed E-state index contributed by atoms with van der Waals surface area (Å²) in [5.74, 6) is -0.477. The van der Waals surface area contributed by atoms with E-state index in [2.05, 4.69) is 25.1 Å². The van der Waals surface area contributed by atoms with Gasteiger partial charge in [-0.3, -0.25) is 0 Å². The molecule has 1 aromatic heterocycles. The Kier molecular flexibility index (Phi) is 2.86. The second-order valence-corrected chi connectivity index (χ2v) is 2.99. The van der Waals surface area contributed by atoms with Crippen LogP contribution in [0.2, 0.25) is 0 Å². The van der Waals surface area contributed by atoms with Crippen molar-refractivity contribution in [3.63, 3.8) is 0 Å². The molecule has 0 aliphatic rings. The molecule has 5 heteroatoms. The summed E-state index contributed by atoms with van der Waals surface area (Å²) < 4.78 is 6.16. The maximum Gasteiger partial charge on any atom is 0.370 e. The number of aromatic nitrogens is 2. The first-order valence-corrected chi connectivity index (χ1v) is 4.16. The number of rotatable bonds is 2. The lowest BCUT2D eigenvalue weighted by Crippen LogP contribution is -1.99. The van der Waals surface area contributed by atoms with Gasteiger partial charge in [-0.15, -0.1) is 0 Å². The average molecular weight is 233 g/mol. The molecule has 0 amide bonds. The minimum atomic E-state index is -0.477. The van der Waals surface area contributed by atoms with Crippen LogP contribution in [0.1, 0.15) is 30.4 Å². The van der Waals surface area contributed by atoms with E-state index in [9.17, 15) is 4.79 Å². The summed E-state index contributed by atoms with van der Waals surface area (Å²) in [7, 11) is 0. The molecule has 0 N–H and O–H groups in total. The summed E-state index contributed by atoms with van der Waals surface area (Å²) in [5.41, 5.74) is 0.306. The van der Waals surface area contributed by atoms with E-state index in [-0.39, 0.29) is 0 Å². The fourth-order valence-electron chi connectivity index (χ4n) is 0.764. The maximum atomic E-state index is 10.9. The van der Waals surface area contributed by atoms with E-state index >= 15 is 0 Å². The van der Waals surface area contributed by atoms with Crippen LogP contribution >= 0.6 is 16.3 Å². The molecule has 0 bridgehead atoms. The second-order valence-electron chi connectivity index (χ2n) is 2.66. The lowest BCUT2D eigenvalue weighted by molar-refractivity contribution is 0.0776. The van der Waals surface area contributed by atoms with Crippen molar-refractivity contribution >= 4 is 22.2 Å². The van der Waals surface area contributed by atoms with Gasteiger partial charge in [-0.1, -0.05) is 0 Å². The van der Waals surface area contributed by atoms with Gasteiger partial charge in [0.05, 0.1) is 6.33 Å². The molecule has 0 saturated heterocycles. The van der Waals surface area contributed by atoms with Crippen LogP contribution in [0.25, 0.3) is 0 Å². The Morgan fingerprint density at radius 1 is 1.75 bits per heavy atom. The smallest absolute Gasteiger partial charge is 0.370 e. The first-order chi connectivity index (χ1) is 5.65. The Labute approximate surface area is 79.0 Å². The number of halogens is 1. The zero-order valence-corrected chi connectivity index (χ0v) is 8.41. The SMILES string of the molecule is CC(C)n1cnc(C(=O)OBr)c1. The van der Waals surface area contributed by atoms with Crippen LogP contribution in [0.4, 0.5) is 0 Å². The van der Waals surface area contributed by atoms with Gasteiger partial charge in [0.1, 0.15) is 0 Å². The molecule has 0 fully saturated rings. The summed E-state index contributed by atoms with van der Waals surface area (Å²) in [6, 6.07) is 0.300. The van der Waals surface area contributed by atoms with E-state index in [1.54, 1.807) is 12.5 Å². The normalized spacial score (nSPS) is 10.3. The van der Waals surface area contributed by atoms with Crippen molar-refractivity contribution in [3.05, 3.63) is 18.2 Å². The molecule has 1 aromatic rings. The number of hydrogen-bond donors (Lipinski definition) is 0. The van der Waals surface area contributed by atoms with Gasteiger partial charge in [0.2, 0.25) is 0 Å². The van der Waals surface area contributed by atoms with Gasteiger partial charge in [0.25, 0.3) is 0 Å². The minimum absolute atomic E-state index is 0.300. The predicted octanol–water partition coefficient (Wildman–Crippen LogP) is 1.93. The summed E-state index contributed by atoms with van der Waals surface area (Å²) >= 11 is 2.60. The lowest BCUT2D eigenvalue weighted by atomic mass is 10.4. The molecule has 12 heavy (non-hydrogen) atoms. The van der Waals surface area contributed by atoms with Crippen molar-refractivity contribution in [3.8, 4) is 0 Å². The molecule has 0 aliphatic carbocycles. The standard InChI is InChI=1S/C7H9BrN2O2/c1-5(2)10-3-6(9-4-10)7(11)12-8/h3-5H,1-2H3. The minimum Gasteiger partial charge on any atom is -0.379 e. The van der Waals surface area contributed by atoms with Gasteiger partial charge in [0.15, 0.2) is 22.0 Å². The van der Waals surface area contributed by atoms with Crippen LogP contribution < -0.4 is 0 Å². The fourth-order valence-corrected chi connectivity index (χ4v) is 0.930. The number of carbonyl (C=O) groups is 1. The van der Waals surface area contributed by atoms with Gasteiger partial charge >= 0.3 is 5.97 Å². The number of imidazole rings is 1. The Bertz CT molecular complexity index is 283. The van der Waals surface area contributed by atoms with Gasteiger partial charge < -0.3 is 8.40 Å². The van der Waals surface area contributed by atoms with Gasteiger partial charge in [-0.2, -0.15) is 0 Å². The highest BCUT2D eigenvalue weighted by molar-refractivity contribution is 9.06. The van der Waals surface area contributed by atoms with Crippen LogP contribution in [0, 0.1) is 0 Å². The quantitative estimate of drug-likeness (QED) is 0.783. The monoisotopic (exact) mass is 232 g/mol. The molecule has 0 unspecified atom stereocenters. The van der Waals surface area contributed by atoms with Crippen LogP contribution in [0.3, 0.4) is 0 Å². The Morgan fingerprint density at radius 2 is 2.42 bits per heavy atom. The summed E-state index contributed by atoms with van der Waals surface area (Å²) in [6.07, 6.45) is 3.25. The highest BCUT2D eigenvalue weighted by Crippen LogP contribution is 2.07. The van der Waals surface area contributed by atoms with Gasteiger partial charge in [-0.25, -0.2) is 9.78 Å². The summed E-state index contributed by atoms with van der Waals surface area (Å²) in [4.78, 5) is 14.8. The van der Waals surface area contributed by atoms with E-state index in [0.29, 0.717) is 11.7 Å². The number of nitrogens with zero attached hydrogens (tertiary/aromatic N) is 2. The third-order valence-corrected chi connectivity index (χ3v) is 1.77. The van der Waals surface area contributed by atoms with Crippen molar-refractivity contribution in [1.29, 1.82) is 0 Å². The molecule has 0 saturated carbocycles.